The molecule has 0 radical (unpaired) electrons. The molecule has 28 heavy (non-hydrogen) atoms. The van der Waals surface area contributed by atoms with E-state index in [4.69, 9.17) is 4.74 Å². The standard InChI is InChI=1S/C21H19N5O2/c1-15(24-21(27)28-14-16-8-3-2-4-9-16)19-20(17-10-5-6-12-22-17)26-18(25-19)11-7-13-23-26/h2-13,15H,14H2,1H3,(H,24,27). The number of aromatic nitrogens is 4. The fourth-order valence-corrected chi connectivity index (χ4v) is 2.96. The Morgan fingerprint density at radius 2 is 1.89 bits per heavy atom. The molecule has 0 spiro atoms. The minimum atomic E-state index is -0.506. The topological polar surface area (TPSA) is 81.4 Å². The van der Waals surface area contributed by atoms with Gasteiger partial charge in [0.25, 0.3) is 0 Å². The van der Waals surface area contributed by atoms with Gasteiger partial charge < -0.3 is 10.1 Å². The van der Waals surface area contributed by atoms with Crippen LogP contribution in [0.15, 0.2) is 73.1 Å². The Balaban J connectivity index is 1.57. The molecule has 1 N–H and O–H groups in total. The average molecular weight is 373 g/mol. The van der Waals surface area contributed by atoms with Crippen molar-refractivity contribution >= 4 is 11.7 Å². The van der Waals surface area contributed by atoms with Crippen molar-refractivity contribution in [3.05, 3.63) is 84.3 Å². The van der Waals surface area contributed by atoms with E-state index >= 15 is 0 Å². The molecule has 0 aliphatic heterocycles. The minimum absolute atomic E-state index is 0.208. The lowest BCUT2D eigenvalue weighted by Gasteiger charge is -2.14. The number of fused-ring (bicyclic) bond motifs is 1. The van der Waals surface area contributed by atoms with Gasteiger partial charge in [0.15, 0.2) is 5.65 Å². The van der Waals surface area contributed by atoms with Crippen LogP contribution < -0.4 is 5.32 Å². The Bertz CT molecular complexity index is 1080. The van der Waals surface area contributed by atoms with E-state index in [0.29, 0.717) is 11.3 Å². The molecule has 0 fully saturated rings. The van der Waals surface area contributed by atoms with Crippen molar-refractivity contribution in [1.29, 1.82) is 0 Å². The molecule has 7 heteroatoms. The largest absolute Gasteiger partial charge is 0.445 e. The van der Waals surface area contributed by atoms with Crippen molar-refractivity contribution in [3.63, 3.8) is 0 Å². The third kappa shape index (κ3) is 3.68. The molecule has 7 nitrogen and oxygen atoms in total. The second-order valence-corrected chi connectivity index (χ2v) is 6.28. The number of nitrogens with zero attached hydrogens (tertiary/aromatic N) is 4. The maximum absolute atomic E-state index is 12.3. The fraction of sp³-hybridized carbons (Fsp3) is 0.143. The lowest BCUT2D eigenvalue weighted by Crippen LogP contribution is -2.28. The molecule has 0 saturated heterocycles. The first kappa shape index (κ1) is 17.7. The van der Waals surface area contributed by atoms with E-state index in [9.17, 15) is 4.79 Å². The van der Waals surface area contributed by atoms with Crippen LogP contribution in [0.3, 0.4) is 0 Å². The van der Waals surface area contributed by atoms with Crippen molar-refractivity contribution in [3.8, 4) is 11.4 Å². The van der Waals surface area contributed by atoms with Crippen molar-refractivity contribution in [1.82, 2.24) is 24.9 Å². The van der Waals surface area contributed by atoms with Crippen LogP contribution in [0.4, 0.5) is 4.79 Å². The van der Waals surface area contributed by atoms with Crippen LogP contribution in [0.5, 0.6) is 0 Å². The number of imidazole rings is 1. The zero-order chi connectivity index (χ0) is 19.3. The zero-order valence-electron chi connectivity index (χ0n) is 15.3. The summed E-state index contributed by atoms with van der Waals surface area (Å²) < 4.78 is 7.05. The third-order valence-electron chi connectivity index (χ3n) is 4.28. The van der Waals surface area contributed by atoms with Crippen LogP contribution in [-0.4, -0.2) is 25.7 Å². The number of hydrogen-bond donors (Lipinski definition) is 1. The van der Waals surface area contributed by atoms with Gasteiger partial charge in [-0.15, -0.1) is 0 Å². The quantitative estimate of drug-likeness (QED) is 0.576. The van der Waals surface area contributed by atoms with Gasteiger partial charge in [-0.2, -0.15) is 5.10 Å². The van der Waals surface area contributed by atoms with Crippen LogP contribution in [0.2, 0.25) is 0 Å². The van der Waals surface area contributed by atoms with E-state index in [1.54, 1.807) is 16.9 Å². The molecule has 3 heterocycles. The number of pyridine rings is 1. The molecule has 0 bridgehead atoms. The van der Waals surface area contributed by atoms with Gasteiger partial charge >= 0.3 is 6.09 Å². The maximum atomic E-state index is 12.3. The molecule has 4 rings (SSSR count). The first-order chi connectivity index (χ1) is 13.7. The van der Waals surface area contributed by atoms with Gasteiger partial charge in [-0.3, -0.25) is 4.98 Å². The summed E-state index contributed by atoms with van der Waals surface area (Å²) in [5, 5.41) is 7.23. The monoisotopic (exact) mass is 373 g/mol. The summed E-state index contributed by atoms with van der Waals surface area (Å²) >= 11 is 0. The van der Waals surface area contributed by atoms with E-state index < -0.39 is 6.09 Å². The first-order valence-corrected chi connectivity index (χ1v) is 8.94. The minimum Gasteiger partial charge on any atom is -0.445 e. The summed E-state index contributed by atoms with van der Waals surface area (Å²) in [6.07, 6.45) is 2.90. The Kier molecular flexibility index (Phi) is 4.97. The molecule has 1 aromatic carbocycles. The van der Waals surface area contributed by atoms with Gasteiger partial charge in [0.2, 0.25) is 0 Å². The molecule has 0 aliphatic carbocycles. The summed E-state index contributed by atoms with van der Waals surface area (Å²) in [7, 11) is 0. The van der Waals surface area contributed by atoms with Gasteiger partial charge in [-0.1, -0.05) is 36.4 Å². The highest BCUT2D eigenvalue weighted by Crippen LogP contribution is 2.27. The molecular weight excluding hydrogens is 354 g/mol. The van der Waals surface area contributed by atoms with E-state index in [0.717, 1.165) is 17.0 Å². The van der Waals surface area contributed by atoms with Crippen molar-refractivity contribution < 1.29 is 9.53 Å². The van der Waals surface area contributed by atoms with Crippen LogP contribution in [0, 0.1) is 0 Å². The Hall–Kier alpha value is -3.74. The van der Waals surface area contributed by atoms with Crippen LogP contribution in [0.1, 0.15) is 24.2 Å². The number of nitrogens with one attached hydrogen (secondary N) is 1. The molecule has 0 saturated carbocycles. The number of ether oxygens (including phenoxy) is 1. The predicted octanol–water partition coefficient (Wildman–Crippen LogP) is 3.78. The highest BCUT2D eigenvalue weighted by atomic mass is 16.5. The number of hydrogen-bond acceptors (Lipinski definition) is 5. The summed E-state index contributed by atoms with van der Waals surface area (Å²) in [6.45, 7) is 2.07. The summed E-state index contributed by atoms with van der Waals surface area (Å²) in [5.74, 6) is 0. The number of alkyl carbamates (subject to hydrolysis) is 1. The van der Waals surface area contributed by atoms with E-state index in [1.807, 2.05) is 67.6 Å². The first-order valence-electron chi connectivity index (χ1n) is 8.94. The summed E-state index contributed by atoms with van der Waals surface area (Å²) in [6, 6.07) is 18.5. The molecule has 4 aromatic rings. The van der Waals surface area contributed by atoms with Crippen LogP contribution >= 0.6 is 0 Å². The number of rotatable bonds is 5. The maximum Gasteiger partial charge on any atom is 0.407 e. The highest BCUT2D eigenvalue weighted by Gasteiger charge is 2.22. The molecule has 3 aromatic heterocycles. The Labute approximate surface area is 162 Å². The van der Waals surface area contributed by atoms with Crippen LogP contribution in [-0.2, 0) is 11.3 Å². The van der Waals surface area contributed by atoms with Gasteiger partial charge in [0, 0.05) is 12.4 Å². The van der Waals surface area contributed by atoms with Gasteiger partial charge in [0.1, 0.15) is 12.3 Å². The molecule has 1 atom stereocenters. The van der Waals surface area contributed by atoms with Gasteiger partial charge in [0.05, 0.1) is 17.4 Å². The smallest absolute Gasteiger partial charge is 0.407 e. The second-order valence-electron chi connectivity index (χ2n) is 6.28. The molecule has 0 aliphatic rings. The fourth-order valence-electron chi connectivity index (χ4n) is 2.96. The highest BCUT2D eigenvalue weighted by molar-refractivity contribution is 5.70. The van der Waals surface area contributed by atoms with Crippen LogP contribution in [0.25, 0.3) is 17.0 Å². The molecule has 140 valence electrons. The predicted molar refractivity (Wildman–Crippen MR) is 104 cm³/mol. The number of benzene rings is 1. The van der Waals surface area contributed by atoms with Gasteiger partial charge in [-0.25, -0.2) is 14.3 Å². The van der Waals surface area contributed by atoms with E-state index in [2.05, 4.69) is 20.4 Å². The number of amides is 1. The molecule has 1 unspecified atom stereocenters. The Morgan fingerprint density at radius 1 is 1.07 bits per heavy atom. The SMILES string of the molecule is CC(NC(=O)OCc1ccccc1)c1nc2cccnn2c1-c1ccccn1. The number of carbonyl (C=O) groups excluding carboxylic acids is 1. The van der Waals surface area contributed by atoms with Crippen molar-refractivity contribution in [2.45, 2.75) is 19.6 Å². The third-order valence-corrected chi connectivity index (χ3v) is 4.28. The molecule has 1 amide bonds. The number of carbonyl (C=O) groups is 1. The lowest BCUT2D eigenvalue weighted by atomic mass is 10.1. The van der Waals surface area contributed by atoms with Crippen molar-refractivity contribution in [2.24, 2.45) is 0 Å². The average Bonchev–Trinajstić information content (AvgIpc) is 3.13. The normalized spacial score (nSPS) is 11.9. The van der Waals surface area contributed by atoms with Gasteiger partial charge in [-0.05, 0) is 36.8 Å². The van der Waals surface area contributed by atoms with E-state index in [1.165, 1.54) is 0 Å². The Morgan fingerprint density at radius 3 is 2.68 bits per heavy atom. The van der Waals surface area contributed by atoms with Crippen molar-refractivity contribution in [2.75, 3.05) is 0 Å². The zero-order valence-corrected chi connectivity index (χ0v) is 15.3. The second kappa shape index (κ2) is 7.87. The summed E-state index contributed by atoms with van der Waals surface area (Å²) in [4.78, 5) is 21.3. The summed E-state index contributed by atoms with van der Waals surface area (Å²) in [5.41, 5.74) is 3.76. The van der Waals surface area contributed by atoms with E-state index in [-0.39, 0.29) is 12.6 Å². The lowest BCUT2D eigenvalue weighted by molar-refractivity contribution is 0.136. The molecular formula is C21H19N5O2.